The van der Waals surface area contributed by atoms with E-state index in [2.05, 4.69) is 30.7 Å². The molecule has 224 valence electrons. The summed E-state index contributed by atoms with van der Waals surface area (Å²) < 4.78 is 29.6. The molecule has 2 saturated heterocycles. The van der Waals surface area contributed by atoms with Gasteiger partial charge in [-0.15, -0.1) is 0 Å². The van der Waals surface area contributed by atoms with Crippen LogP contribution in [0, 0.1) is 11.8 Å². The fourth-order valence-corrected chi connectivity index (χ4v) is 6.13. The van der Waals surface area contributed by atoms with Crippen LogP contribution in [0.1, 0.15) is 110 Å². The third kappa shape index (κ3) is 11.3. The van der Waals surface area contributed by atoms with E-state index < -0.39 is 11.7 Å². The maximum atomic E-state index is 11.3. The number of allylic oxidation sites excluding steroid dienone is 1. The van der Waals surface area contributed by atoms with Gasteiger partial charge in [0.1, 0.15) is 0 Å². The first-order valence-electron chi connectivity index (χ1n) is 15.6. The van der Waals surface area contributed by atoms with Crippen LogP contribution in [0.3, 0.4) is 0 Å². The van der Waals surface area contributed by atoms with Crippen LogP contribution in [-0.4, -0.2) is 61.8 Å². The smallest absolute Gasteiger partial charge is 0.330 e. The van der Waals surface area contributed by atoms with E-state index in [1.165, 1.54) is 26.0 Å². The maximum absolute atomic E-state index is 11.3. The first-order chi connectivity index (χ1) is 18.9. The van der Waals surface area contributed by atoms with E-state index in [4.69, 9.17) is 18.9 Å². The van der Waals surface area contributed by atoms with Crippen LogP contribution in [0.2, 0.25) is 0 Å². The summed E-state index contributed by atoms with van der Waals surface area (Å²) >= 11 is 0. The van der Waals surface area contributed by atoms with E-state index in [0.29, 0.717) is 6.42 Å². The molecule has 3 rings (SSSR count). The molecule has 7 heteroatoms. The fraction of sp³-hybridized carbons (Fsp3) is 0.844. The number of ether oxygens (including phenoxy) is 5. The average Bonchev–Trinajstić information content (AvgIpc) is 3.23. The Kier molecular flexibility index (Phi) is 14.5. The van der Waals surface area contributed by atoms with Crippen molar-refractivity contribution in [2.75, 3.05) is 20.3 Å². The molecule has 7 nitrogen and oxygen atoms in total. The molecular formula is C32H54O7. The maximum Gasteiger partial charge on any atom is 0.330 e. The summed E-state index contributed by atoms with van der Waals surface area (Å²) in [5.41, 5.74) is -0.417. The molecule has 0 aromatic carbocycles. The topological polar surface area (TPSA) is 83.5 Å². The Balaban J connectivity index is 1.69. The van der Waals surface area contributed by atoms with Crippen molar-refractivity contribution in [1.29, 1.82) is 0 Å². The van der Waals surface area contributed by atoms with E-state index in [1.54, 1.807) is 0 Å². The van der Waals surface area contributed by atoms with Crippen LogP contribution in [0.25, 0.3) is 0 Å². The zero-order valence-electron chi connectivity index (χ0n) is 24.7. The Morgan fingerprint density at radius 3 is 2.44 bits per heavy atom. The standard InChI is InChI=1S/C32H54O7/c1-4-5-12-20-32(2,39-31-18-11-14-23-37-31)21-19-26-25(15-8-6-7-9-16-29(34)35-3)27(33)24-28(26)38-30-17-10-13-22-36-30/h9,16,19,21,25-28,30-31,33H,4-8,10-15,17-18,20,22-24H2,1-3H3/b16-9+,21-19+/t25-,26-,27+,28-,30?,31?,32?/m1/s1. The highest BCUT2D eigenvalue weighted by molar-refractivity contribution is 5.81. The summed E-state index contributed by atoms with van der Waals surface area (Å²) in [4.78, 5) is 11.3. The molecule has 1 aliphatic carbocycles. The number of aliphatic hydroxyl groups is 1. The predicted octanol–water partition coefficient (Wildman–Crippen LogP) is 6.62. The molecular weight excluding hydrogens is 496 g/mol. The molecule has 3 unspecified atom stereocenters. The second-order valence-corrected chi connectivity index (χ2v) is 11.8. The van der Waals surface area contributed by atoms with Crippen molar-refractivity contribution >= 4 is 5.97 Å². The number of aliphatic hydroxyl groups excluding tert-OH is 1. The normalized spacial score (nSPS) is 31.6. The highest BCUT2D eigenvalue weighted by Crippen LogP contribution is 2.41. The van der Waals surface area contributed by atoms with Gasteiger partial charge in [0.25, 0.3) is 0 Å². The Bertz CT molecular complexity index is 741. The molecule has 39 heavy (non-hydrogen) atoms. The van der Waals surface area contributed by atoms with Gasteiger partial charge in [-0.25, -0.2) is 4.79 Å². The Hall–Kier alpha value is -1.25. The zero-order valence-corrected chi connectivity index (χ0v) is 24.7. The summed E-state index contributed by atoms with van der Waals surface area (Å²) in [5.74, 6) is -0.109. The highest BCUT2D eigenvalue weighted by Gasteiger charge is 2.43. The minimum Gasteiger partial charge on any atom is -0.466 e. The van der Waals surface area contributed by atoms with Gasteiger partial charge in [-0.3, -0.25) is 0 Å². The summed E-state index contributed by atoms with van der Waals surface area (Å²) in [5, 5.41) is 11.1. The molecule has 2 heterocycles. The second kappa shape index (κ2) is 17.5. The van der Waals surface area contributed by atoms with Crippen molar-refractivity contribution in [2.24, 2.45) is 11.8 Å². The van der Waals surface area contributed by atoms with E-state index in [9.17, 15) is 9.90 Å². The Morgan fingerprint density at radius 2 is 1.77 bits per heavy atom. The van der Waals surface area contributed by atoms with Gasteiger partial charge in [0.15, 0.2) is 12.6 Å². The Morgan fingerprint density at radius 1 is 1.03 bits per heavy atom. The number of carbonyl (C=O) groups is 1. The third-order valence-corrected chi connectivity index (χ3v) is 8.46. The van der Waals surface area contributed by atoms with Gasteiger partial charge in [-0.1, -0.05) is 50.8 Å². The van der Waals surface area contributed by atoms with Crippen LogP contribution in [0.15, 0.2) is 24.3 Å². The lowest BCUT2D eigenvalue weighted by molar-refractivity contribution is -0.208. The molecule has 1 saturated carbocycles. The molecule has 2 aliphatic heterocycles. The molecule has 0 radical (unpaired) electrons. The summed E-state index contributed by atoms with van der Waals surface area (Å²) in [6.07, 6.45) is 22.0. The number of rotatable bonds is 16. The number of unbranched alkanes of at least 4 members (excludes halogenated alkanes) is 4. The lowest BCUT2D eigenvalue weighted by atomic mass is 9.86. The number of hydrogen-bond acceptors (Lipinski definition) is 7. The zero-order chi connectivity index (χ0) is 27.9. The number of esters is 1. The van der Waals surface area contributed by atoms with Gasteiger partial charge in [-0.05, 0) is 77.0 Å². The van der Waals surface area contributed by atoms with Gasteiger partial charge in [0.05, 0.1) is 24.9 Å². The number of hydrogen-bond donors (Lipinski definition) is 1. The monoisotopic (exact) mass is 550 g/mol. The largest absolute Gasteiger partial charge is 0.466 e. The van der Waals surface area contributed by atoms with E-state index in [1.807, 2.05) is 6.08 Å². The first-order valence-corrected chi connectivity index (χ1v) is 15.6. The van der Waals surface area contributed by atoms with Crippen molar-refractivity contribution in [2.45, 2.75) is 141 Å². The van der Waals surface area contributed by atoms with Crippen molar-refractivity contribution < 1.29 is 33.6 Å². The quantitative estimate of drug-likeness (QED) is 0.100. The molecule has 0 aromatic heterocycles. The molecule has 7 atom stereocenters. The van der Waals surface area contributed by atoms with Crippen LogP contribution >= 0.6 is 0 Å². The molecule has 0 bridgehead atoms. The van der Waals surface area contributed by atoms with Crippen molar-refractivity contribution in [3.8, 4) is 0 Å². The minimum absolute atomic E-state index is 0.0746. The second-order valence-electron chi connectivity index (χ2n) is 11.8. The highest BCUT2D eigenvalue weighted by atomic mass is 16.7. The SMILES string of the molecule is CCCCCC(C)(/C=C/[C@@H]1[C@@H](CCCC/C=C/C(=O)OC)[C@@H](O)C[C@H]1OC1CCCCO1)OC1CCCCO1. The molecule has 3 fully saturated rings. The van der Waals surface area contributed by atoms with E-state index in [-0.39, 0.29) is 36.5 Å². The lowest BCUT2D eigenvalue weighted by Crippen LogP contribution is -2.36. The van der Waals surface area contributed by atoms with Gasteiger partial charge in [0.2, 0.25) is 0 Å². The minimum atomic E-state index is -0.417. The van der Waals surface area contributed by atoms with E-state index >= 15 is 0 Å². The molecule has 3 aliphatic rings. The van der Waals surface area contributed by atoms with Crippen LogP contribution in [0.4, 0.5) is 0 Å². The van der Waals surface area contributed by atoms with Crippen LogP contribution in [-0.2, 0) is 28.5 Å². The number of methoxy groups -OCH3 is 1. The fourth-order valence-electron chi connectivity index (χ4n) is 6.13. The lowest BCUT2D eigenvalue weighted by Gasteiger charge is -2.34. The number of carbonyl (C=O) groups excluding carboxylic acids is 1. The summed E-state index contributed by atoms with van der Waals surface area (Å²) in [6, 6.07) is 0. The molecule has 0 amide bonds. The molecule has 0 spiro atoms. The van der Waals surface area contributed by atoms with Crippen LogP contribution < -0.4 is 0 Å². The van der Waals surface area contributed by atoms with E-state index in [0.717, 1.165) is 90.3 Å². The summed E-state index contributed by atoms with van der Waals surface area (Å²) in [6.45, 7) is 5.92. The van der Waals surface area contributed by atoms with Crippen molar-refractivity contribution in [3.05, 3.63) is 24.3 Å². The van der Waals surface area contributed by atoms with Crippen LogP contribution in [0.5, 0.6) is 0 Å². The first kappa shape index (κ1) is 32.3. The Labute approximate surface area is 236 Å². The third-order valence-electron chi connectivity index (χ3n) is 8.46. The van der Waals surface area contributed by atoms with Crippen molar-refractivity contribution in [1.82, 2.24) is 0 Å². The van der Waals surface area contributed by atoms with Gasteiger partial charge < -0.3 is 28.8 Å². The average molecular weight is 551 g/mol. The summed E-state index contributed by atoms with van der Waals surface area (Å²) in [7, 11) is 1.39. The molecule has 1 N–H and O–H groups in total. The van der Waals surface area contributed by atoms with Gasteiger partial charge >= 0.3 is 5.97 Å². The van der Waals surface area contributed by atoms with Gasteiger partial charge in [-0.2, -0.15) is 0 Å². The van der Waals surface area contributed by atoms with Gasteiger partial charge in [0, 0.05) is 31.6 Å². The predicted molar refractivity (Wildman–Crippen MR) is 152 cm³/mol. The molecule has 0 aromatic rings. The van der Waals surface area contributed by atoms with Crippen molar-refractivity contribution in [3.63, 3.8) is 0 Å².